The van der Waals surface area contributed by atoms with E-state index in [0.717, 1.165) is 0 Å². The number of rotatable bonds is 4. The molecule has 0 amide bonds. The Morgan fingerprint density at radius 3 is 2.64 bits per heavy atom. The van der Waals surface area contributed by atoms with Crippen molar-refractivity contribution >= 4 is 23.0 Å². The minimum Gasteiger partial charge on any atom is -0.490 e. The number of anilines is 1. The zero-order chi connectivity index (χ0) is 16.3. The van der Waals surface area contributed by atoms with E-state index in [9.17, 15) is 4.79 Å². The molecule has 0 bridgehead atoms. The standard InChI is InChI=1S/C16H17ClN2O3/c1-4-11(19-2)15-12(18)13(20)16(21-3)14(22-15)9-7-5-6-8-10(9)17/h5-8H,4,18H2,1-3H3. The Labute approximate surface area is 133 Å². The number of halogens is 1. The van der Waals surface area contributed by atoms with Crippen molar-refractivity contribution in [3.63, 3.8) is 0 Å². The van der Waals surface area contributed by atoms with E-state index in [0.29, 0.717) is 22.7 Å². The second-order valence-electron chi connectivity index (χ2n) is 4.54. The molecule has 2 rings (SSSR count). The first-order chi connectivity index (χ1) is 10.5. The van der Waals surface area contributed by atoms with Gasteiger partial charge in [0.2, 0.25) is 5.75 Å². The Morgan fingerprint density at radius 1 is 1.41 bits per heavy atom. The molecule has 0 saturated carbocycles. The molecule has 1 aromatic heterocycles. The molecule has 0 aliphatic carbocycles. The molecule has 22 heavy (non-hydrogen) atoms. The average molecular weight is 321 g/mol. The summed E-state index contributed by atoms with van der Waals surface area (Å²) in [4.78, 5) is 16.6. The maximum absolute atomic E-state index is 12.5. The van der Waals surface area contributed by atoms with Crippen molar-refractivity contribution in [3.05, 3.63) is 45.3 Å². The van der Waals surface area contributed by atoms with Gasteiger partial charge < -0.3 is 14.9 Å². The van der Waals surface area contributed by atoms with Crippen LogP contribution in [-0.4, -0.2) is 19.9 Å². The minimum absolute atomic E-state index is 0.0184. The van der Waals surface area contributed by atoms with Gasteiger partial charge in [0.25, 0.3) is 5.43 Å². The van der Waals surface area contributed by atoms with Gasteiger partial charge in [0.15, 0.2) is 11.5 Å². The molecule has 0 aliphatic rings. The second-order valence-corrected chi connectivity index (χ2v) is 4.95. The number of hydrogen-bond acceptors (Lipinski definition) is 5. The number of benzene rings is 1. The SMILES string of the molecule is CCC(=NC)c1oc(-c2ccccc2Cl)c(OC)c(=O)c1N. The van der Waals surface area contributed by atoms with Crippen LogP contribution in [0.25, 0.3) is 11.3 Å². The molecule has 6 heteroatoms. The molecule has 0 aliphatic heterocycles. The van der Waals surface area contributed by atoms with Crippen LogP contribution in [0.4, 0.5) is 5.69 Å². The highest BCUT2D eigenvalue weighted by Gasteiger charge is 2.22. The molecule has 0 radical (unpaired) electrons. The van der Waals surface area contributed by atoms with Gasteiger partial charge in [-0.1, -0.05) is 30.7 Å². The first-order valence-electron chi connectivity index (χ1n) is 6.76. The smallest absolute Gasteiger partial charge is 0.250 e. The summed E-state index contributed by atoms with van der Waals surface area (Å²) in [5.41, 5.74) is 6.60. The Balaban J connectivity index is 2.84. The lowest BCUT2D eigenvalue weighted by Gasteiger charge is -2.13. The fraction of sp³-hybridized carbons (Fsp3) is 0.250. The van der Waals surface area contributed by atoms with Gasteiger partial charge in [-0.25, -0.2) is 0 Å². The number of hydrogen-bond donors (Lipinski definition) is 1. The normalized spacial score (nSPS) is 11.5. The van der Waals surface area contributed by atoms with E-state index in [-0.39, 0.29) is 23.0 Å². The lowest BCUT2D eigenvalue weighted by molar-refractivity contribution is 0.392. The van der Waals surface area contributed by atoms with Crippen molar-refractivity contribution in [2.24, 2.45) is 4.99 Å². The third-order valence-corrected chi connectivity index (χ3v) is 3.62. The minimum atomic E-state index is -0.437. The highest BCUT2D eigenvalue weighted by molar-refractivity contribution is 6.33. The van der Waals surface area contributed by atoms with Gasteiger partial charge in [-0.05, 0) is 18.6 Å². The lowest BCUT2D eigenvalue weighted by Crippen LogP contribution is -2.17. The zero-order valence-corrected chi connectivity index (χ0v) is 13.4. The van der Waals surface area contributed by atoms with E-state index >= 15 is 0 Å². The van der Waals surface area contributed by atoms with E-state index in [4.69, 9.17) is 26.5 Å². The molecule has 0 fully saturated rings. The highest BCUT2D eigenvalue weighted by Crippen LogP contribution is 2.35. The van der Waals surface area contributed by atoms with Gasteiger partial charge in [-0.2, -0.15) is 0 Å². The van der Waals surface area contributed by atoms with Gasteiger partial charge >= 0.3 is 0 Å². The fourth-order valence-electron chi connectivity index (χ4n) is 2.17. The summed E-state index contributed by atoms with van der Waals surface area (Å²) >= 11 is 6.20. The first kappa shape index (κ1) is 16.1. The molecular weight excluding hydrogens is 304 g/mol. The summed E-state index contributed by atoms with van der Waals surface area (Å²) in [6.07, 6.45) is 0.581. The quantitative estimate of drug-likeness (QED) is 0.876. The third-order valence-electron chi connectivity index (χ3n) is 3.30. The number of methoxy groups -OCH3 is 1. The Morgan fingerprint density at radius 2 is 2.09 bits per heavy atom. The first-order valence-corrected chi connectivity index (χ1v) is 7.14. The van der Waals surface area contributed by atoms with Crippen LogP contribution in [0.1, 0.15) is 19.1 Å². The van der Waals surface area contributed by atoms with Crippen molar-refractivity contribution < 1.29 is 9.15 Å². The predicted molar refractivity (Wildman–Crippen MR) is 89.1 cm³/mol. The van der Waals surface area contributed by atoms with E-state index in [1.807, 2.05) is 6.92 Å². The molecule has 2 aromatic rings. The number of nitrogens with two attached hydrogens (primary N) is 1. The molecule has 0 atom stereocenters. The van der Waals surface area contributed by atoms with Crippen LogP contribution in [0.3, 0.4) is 0 Å². The van der Waals surface area contributed by atoms with Crippen LogP contribution >= 0.6 is 11.6 Å². The van der Waals surface area contributed by atoms with Crippen molar-refractivity contribution in [3.8, 4) is 17.1 Å². The van der Waals surface area contributed by atoms with Crippen LogP contribution in [0.5, 0.6) is 5.75 Å². The van der Waals surface area contributed by atoms with Gasteiger partial charge in [-0.15, -0.1) is 0 Å². The number of nitrogen functional groups attached to an aromatic ring is 1. The van der Waals surface area contributed by atoms with Gasteiger partial charge in [0.1, 0.15) is 5.69 Å². The van der Waals surface area contributed by atoms with Gasteiger partial charge in [-0.3, -0.25) is 9.79 Å². The van der Waals surface area contributed by atoms with Crippen LogP contribution in [0.15, 0.2) is 38.5 Å². The molecule has 116 valence electrons. The van der Waals surface area contributed by atoms with Crippen LogP contribution in [0, 0.1) is 0 Å². The number of aliphatic imine (C=N–C) groups is 1. The average Bonchev–Trinajstić information content (AvgIpc) is 2.53. The summed E-state index contributed by atoms with van der Waals surface area (Å²) in [6, 6.07) is 7.05. The second kappa shape index (κ2) is 6.66. The third kappa shape index (κ3) is 2.72. The monoisotopic (exact) mass is 320 g/mol. The summed E-state index contributed by atoms with van der Waals surface area (Å²) in [5.74, 6) is 0.531. The molecular formula is C16H17ClN2O3. The summed E-state index contributed by atoms with van der Waals surface area (Å²) in [6.45, 7) is 1.90. The Bertz CT molecular complexity index is 781. The van der Waals surface area contributed by atoms with Crippen molar-refractivity contribution in [2.75, 3.05) is 19.9 Å². The highest BCUT2D eigenvalue weighted by atomic mass is 35.5. The number of nitrogens with zero attached hydrogens (tertiary/aromatic N) is 1. The molecule has 5 nitrogen and oxygen atoms in total. The Hall–Kier alpha value is -2.27. The van der Waals surface area contributed by atoms with E-state index in [2.05, 4.69) is 4.99 Å². The zero-order valence-electron chi connectivity index (χ0n) is 12.6. The van der Waals surface area contributed by atoms with Crippen LogP contribution < -0.4 is 15.9 Å². The van der Waals surface area contributed by atoms with E-state index in [1.165, 1.54) is 7.11 Å². The lowest BCUT2D eigenvalue weighted by atomic mass is 10.1. The van der Waals surface area contributed by atoms with Crippen molar-refractivity contribution in [1.82, 2.24) is 0 Å². The van der Waals surface area contributed by atoms with E-state index in [1.54, 1.807) is 31.3 Å². The molecule has 0 unspecified atom stereocenters. The molecule has 1 heterocycles. The summed E-state index contributed by atoms with van der Waals surface area (Å²) in [5, 5.41) is 0.450. The summed E-state index contributed by atoms with van der Waals surface area (Å²) in [7, 11) is 3.01. The summed E-state index contributed by atoms with van der Waals surface area (Å²) < 4.78 is 11.0. The van der Waals surface area contributed by atoms with E-state index < -0.39 is 5.43 Å². The largest absolute Gasteiger partial charge is 0.490 e. The van der Waals surface area contributed by atoms with Crippen LogP contribution in [0.2, 0.25) is 5.02 Å². The fourth-order valence-corrected chi connectivity index (χ4v) is 2.40. The van der Waals surface area contributed by atoms with Gasteiger partial charge in [0, 0.05) is 12.6 Å². The molecule has 1 aromatic carbocycles. The maximum Gasteiger partial charge on any atom is 0.250 e. The maximum atomic E-state index is 12.5. The van der Waals surface area contributed by atoms with Gasteiger partial charge in [0.05, 0.1) is 17.8 Å². The molecule has 0 saturated heterocycles. The predicted octanol–water partition coefficient (Wildman–Crippen LogP) is 3.38. The molecule has 0 spiro atoms. The topological polar surface area (TPSA) is 77.8 Å². The van der Waals surface area contributed by atoms with Crippen LogP contribution in [-0.2, 0) is 0 Å². The number of ether oxygens (including phenoxy) is 1. The van der Waals surface area contributed by atoms with Crippen molar-refractivity contribution in [2.45, 2.75) is 13.3 Å². The molecule has 2 N–H and O–H groups in total. The van der Waals surface area contributed by atoms with Crippen molar-refractivity contribution in [1.29, 1.82) is 0 Å². The Kier molecular flexibility index (Phi) is 4.88.